The van der Waals surface area contributed by atoms with Crippen molar-refractivity contribution in [3.05, 3.63) is 70.9 Å². The number of halogens is 1. The van der Waals surface area contributed by atoms with Crippen LogP contribution in [0.1, 0.15) is 12.8 Å². The van der Waals surface area contributed by atoms with Crippen LogP contribution in [0.3, 0.4) is 0 Å². The Balaban J connectivity index is 1.07. The maximum Gasteiger partial charge on any atom is 0.249 e. The van der Waals surface area contributed by atoms with E-state index in [1.54, 1.807) is 12.1 Å². The summed E-state index contributed by atoms with van der Waals surface area (Å²) >= 11 is 0. The van der Waals surface area contributed by atoms with E-state index in [0.717, 1.165) is 67.5 Å². The fraction of sp³-hybridized carbons (Fsp3) is 0.320. The van der Waals surface area contributed by atoms with Crippen molar-refractivity contribution >= 4 is 27.6 Å². The molecule has 1 aromatic carbocycles. The molecule has 0 bridgehead atoms. The molecule has 0 amide bonds. The van der Waals surface area contributed by atoms with Crippen LogP contribution in [-0.2, 0) is 0 Å². The summed E-state index contributed by atoms with van der Waals surface area (Å²) < 4.78 is 19.5. The van der Waals surface area contributed by atoms with E-state index in [1.807, 2.05) is 30.3 Å². The van der Waals surface area contributed by atoms with Crippen molar-refractivity contribution < 1.29 is 9.13 Å². The Labute approximate surface area is 190 Å². The van der Waals surface area contributed by atoms with Crippen molar-refractivity contribution in [3.8, 4) is 5.88 Å². The van der Waals surface area contributed by atoms with Gasteiger partial charge in [0.1, 0.15) is 11.5 Å². The summed E-state index contributed by atoms with van der Waals surface area (Å²) in [5, 5.41) is 1.75. The molecule has 1 fully saturated rings. The molecule has 3 aromatic heterocycles. The second-order valence-corrected chi connectivity index (χ2v) is 8.29. The Bertz CT molecular complexity index is 1320. The van der Waals surface area contributed by atoms with Crippen LogP contribution >= 0.6 is 0 Å². The van der Waals surface area contributed by atoms with Crippen molar-refractivity contribution in [2.45, 2.75) is 12.8 Å². The van der Waals surface area contributed by atoms with Crippen molar-refractivity contribution in [1.29, 1.82) is 0 Å². The van der Waals surface area contributed by atoms with Gasteiger partial charge in [0.2, 0.25) is 11.4 Å². The van der Waals surface area contributed by atoms with Gasteiger partial charge in [-0.1, -0.05) is 6.07 Å². The van der Waals surface area contributed by atoms with Gasteiger partial charge in [0.15, 0.2) is 0 Å². The molecule has 170 valence electrons. The van der Waals surface area contributed by atoms with E-state index >= 15 is 0 Å². The minimum atomic E-state index is -0.303. The molecule has 0 atom stereocenters. The van der Waals surface area contributed by atoms with Gasteiger partial charge in [0.25, 0.3) is 0 Å². The van der Waals surface area contributed by atoms with E-state index in [4.69, 9.17) is 4.74 Å². The minimum absolute atomic E-state index is 0.170. The zero-order chi connectivity index (χ0) is 22.6. The molecule has 0 saturated carbocycles. The SMILES string of the molecule is O=c1ccc2ccc(OCCCCN3CCN(c4cccc5ncc(F)cc45)CC3)nc2[nH]1. The average Bonchev–Trinajstić information content (AvgIpc) is 2.83. The Morgan fingerprint density at radius 3 is 2.76 bits per heavy atom. The normalized spacial score (nSPS) is 14.8. The minimum Gasteiger partial charge on any atom is -0.478 e. The Morgan fingerprint density at radius 2 is 1.88 bits per heavy atom. The second kappa shape index (κ2) is 9.54. The van der Waals surface area contributed by atoms with Crippen LogP contribution in [0.5, 0.6) is 5.88 Å². The fourth-order valence-corrected chi connectivity index (χ4v) is 4.30. The highest BCUT2D eigenvalue weighted by molar-refractivity contribution is 5.91. The first-order valence-corrected chi connectivity index (χ1v) is 11.3. The number of unbranched alkanes of at least 4 members (excludes halogenated alkanes) is 1. The number of H-pyrrole nitrogens is 1. The Hall–Kier alpha value is -3.52. The van der Waals surface area contributed by atoms with Gasteiger partial charge in [-0.15, -0.1) is 0 Å². The highest BCUT2D eigenvalue weighted by Gasteiger charge is 2.18. The molecule has 8 heteroatoms. The molecule has 5 rings (SSSR count). The van der Waals surface area contributed by atoms with Gasteiger partial charge in [-0.05, 0) is 49.7 Å². The van der Waals surface area contributed by atoms with E-state index in [1.165, 1.54) is 12.3 Å². The number of pyridine rings is 3. The van der Waals surface area contributed by atoms with Gasteiger partial charge in [-0.2, -0.15) is 4.98 Å². The first-order chi connectivity index (χ1) is 16.2. The molecular formula is C25H26FN5O2. The average molecular weight is 448 g/mol. The predicted molar refractivity (Wildman–Crippen MR) is 127 cm³/mol. The molecule has 7 nitrogen and oxygen atoms in total. The van der Waals surface area contributed by atoms with Crippen LogP contribution in [0.15, 0.2) is 59.5 Å². The van der Waals surface area contributed by atoms with Crippen LogP contribution in [0.4, 0.5) is 10.1 Å². The van der Waals surface area contributed by atoms with E-state index in [9.17, 15) is 9.18 Å². The molecular weight excluding hydrogens is 421 g/mol. The number of hydrogen-bond acceptors (Lipinski definition) is 6. The van der Waals surface area contributed by atoms with Gasteiger partial charge in [0.05, 0.1) is 18.3 Å². The van der Waals surface area contributed by atoms with E-state index in [0.29, 0.717) is 18.1 Å². The number of hydrogen-bond donors (Lipinski definition) is 1. The topological polar surface area (TPSA) is 74.3 Å². The van der Waals surface area contributed by atoms with Crippen molar-refractivity contribution in [3.63, 3.8) is 0 Å². The highest BCUT2D eigenvalue weighted by atomic mass is 19.1. The number of rotatable bonds is 7. The lowest BCUT2D eigenvalue weighted by molar-refractivity contribution is 0.237. The number of aromatic nitrogens is 3. The molecule has 33 heavy (non-hydrogen) atoms. The second-order valence-electron chi connectivity index (χ2n) is 8.29. The quantitative estimate of drug-likeness (QED) is 0.437. The third-order valence-corrected chi connectivity index (χ3v) is 6.06. The maximum atomic E-state index is 13.7. The molecule has 4 aromatic rings. The number of nitrogens with one attached hydrogen (secondary N) is 1. The largest absolute Gasteiger partial charge is 0.478 e. The number of nitrogens with zero attached hydrogens (tertiary/aromatic N) is 4. The fourth-order valence-electron chi connectivity index (χ4n) is 4.30. The maximum absolute atomic E-state index is 13.7. The Kier molecular flexibility index (Phi) is 6.17. The van der Waals surface area contributed by atoms with Crippen LogP contribution in [-0.4, -0.2) is 59.2 Å². The lowest BCUT2D eigenvalue weighted by atomic mass is 10.1. The van der Waals surface area contributed by atoms with Crippen molar-refractivity contribution in [2.75, 3.05) is 44.2 Å². The molecule has 1 aliphatic rings. The number of piperazine rings is 1. The smallest absolute Gasteiger partial charge is 0.249 e. The molecule has 4 heterocycles. The van der Waals surface area contributed by atoms with E-state index in [-0.39, 0.29) is 11.4 Å². The summed E-state index contributed by atoms with van der Waals surface area (Å²) in [6.45, 7) is 5.36. The first kappa shape index (κ1) is 21.3. The highest BCUT2D eigenvalue weighted by Crippen LogP contribution is 2.27. The van der Waals surface area contributed by atoms with Gasteiger partial charge in [-0.3, -0.25) is 14.7 Å². The predicted octanol–water partition coefficient (Wildman–Crippen LogP) is 3.59. The number of fused-ring (bicyclic) bond motifs is 2. The molecule has 0 unspecified atom stereocenters. The summed E-state index contributed by atoms with van der Waals surface area (Å²) in [4.78, 5) is 27.5. The summed E-state index contributed by atoms with van der Waals surface area (Å²) in [6.07, 6.45) is 3.23. The monoisotopic (exact) mass is 447 g/mol. The number of anilines is 1. The van der Waals surface area contributed by atoms with Gasteiger partial charge in [-0.25, -0.2) is 4.39 Å². The molecule has 0 radical (unpaired) electrons. The summed E-state index contributed by atoms with van der Waals surface area (Å²) in [7, 11) is 0. The summed E-state index contributed by atoms with van der Waals surface area (Å²) in [5.74, 6) is 0.224. The van der Waals surface area contributed by atoms with Crippen LogP contribution in [0.2, 0.25) is 0 Å². The molecule has 1 aliphatic heterocycles. The van der Waals surface area contributed by atoms with Gasteiger partial charge in [0, 0.05) is 54.8 Å². The van der Waals surface area contributed by atoms with Crippen molar-refractivity contribution in [1.82, 2.24) is 19.9 Å². The molecule has 0 spiro atoms. The van der Waals surface area contributed by atoms with Crippen molar-refractivity contribution in [2.24, 2.45) is 0 Å². The molecule has 0 aliphatic carbocycles. The van der Waals surface area contributed by atoms with E-state index < -0.39 is 0 Å². The third kappa shape index (κ3) is 4.96. The first-order valence-electron chi connectivity index (χ1n) is 11.3. The molecule has 1 N–H and O–H groups in total. The van der Waals surface area contributed by atoms with Gasteiger partial charge < -0.3 is 14.6 Å². The Morgan fingerprint density at radius 1 is 1.03 bits per heavy atom. The van der Waals surface area contributed by atoms with Crippen LogP contribution < -0.4 is 15.2 Å². The number of benzene rings is 1. The van der Waals surface area contributed by atoms with E-state index in [2.05, 4.69) is 24.8 Å². The number of aromatic amines is 1. The zero-order valence-corrected chi connectivity index (χ0v) is 18.3. The lowest BCUT2D eigenvalue weighted by Gasteiger charge is -2.36. The summed E-state index contributed by atoms with van der Waals surface area (Å²) in [6, 6.07) is 14.5. The zero-order valence-electron chi connectivity index (χ0n) is 18.3. The molecule has 1 saturated heterocycles. The third-order valence-electron chi connectivity index (χ3n) is 6.06. The standard InChI is InChI=1S/C25H26FN5O2/c26-19-16-20-21(27-17-19)4-3-5-22(20)31-13-11-30(12-14-31)10-1-2-15-33-24-9-7-18-6-8-23(32)28-25(18)29-24/h3-9,16-17H,1-2,10-15H2,(H,28,29,32). The van der Waals surface area contributed by atoms with Crippen LogP contribution in [0.25, 0.3) is 21.9 Å². The summed E-state index contributed by atoms with van der Waals surface area (Å²) in [5.41, 5.74) is 2.25. The van der Waals surface area contributed by atoms with Crippen LogP contribution in [0, 0.1) is 5.82 Å². The lowest BCUT2D eigenvalue weighted by Crippen LogP contribution is -2.46. The number of ether oxygens (including phenoxy) is 1. The van der Waals surface area contributed by atoms with Gasteiger partial charge >= 0.3 is 0 Å².